The summed E-state index contributed by atoms with van der Waals surface area (Å²) in [5.74, 6) is -0.383. The van der Waals surface area contributed by atoms with Crippen LogP contribution in [-0.2, 0) is 13.1 Å². The second kappa shape index (κ2) is 7.47. The maximum Gasteiger partial charge on any atom is 0.277 e. The Morgan fingerprint density at radius 1 is 1.12 bits per heavy atom. The highest BCUT2D eigenvalue weighted by atomic mass is 35.5. The van der Waals surface area contributed by atoms with E-state index in [0.717, 1.165) is 5.56 Å². The minimum atomic E-state index is -0.383. The fraction of sp³-hybridized carbons (Fsp3) is 0.188. The number of nitrogens with zero attached hydrogens (tertiary/aromatic N) is 4. The molecule has 0 saturated heterocycles. The number of hydrogen-bond acceptors (Lipinski definition) is 3. The van der Waals surface area contributed by atoms with Crippen LogP contribution in [0.2, 0.25) is 15.1 Å². The van der Waals surface area contributed by atoms with E-state index in [1.54, 1.807) is 40.1 Å². The number of benzene rings is 1. The summed E-state index contributed by atoms with van der Waals surface area (Å²) in [4.78, 5) is 12.3. The first-order chi connectivity index (χ1) is 12.0. The molecule has 6 nitrogen and oxygen atoms in total. The number of carbonyl (C=O) groups is 1. The Hall–Kier alpha value is -2.02. The summed E-state index contributed by atoms with van der Waals surface area (Å²) in [6, 6.07) is 5.38. The predicted molar refractivity (Wildman–Crippen MR) is 98.7 cm³/mol. The Balaban J connectivity index is 1.69. The van der Waals surface area contributed by atoms with Crippen molar-refractivity contribution >= 4 is 46.4 Å². The normalized spacial score (nSPS) is 10.9. The topological polar surface area (TPSA) is 64.7 Å². The zero-order valence-electron chi connectivity index (χ0n) is 13.2. The van der Waals surface area contributed by atoms with Gasteiger partial charge in [-0.1, -0.05) is 40.9 Å². The fourth-order valence-corrected chi connectivity index (χ4v) is 2.80. The zero-order valence-corrected chi connectivity index (χ0v) is 15.5. The standard InChI is InChI=1S/C16H14Cl3N5O/c1-2-23-9-14(19)15(22-23)16(25)21-11-6-20-24(8-11)7-10-3-4-12(17)13(18)5-10/h3-6,8-9H,2,7H2,1H3,(H,21,25). The Kier molecular flexibility index (Phi) is 5.32. The minimum Gasteiger partial charge on any atom is -0.318 e. The highest BCUT2D eigenvalue weighted by Gasteiger charge is 2.16. The predicted octanol–water partition coefficient (Wildman–Crippen LogP) is 4.36. The van der Waals surface area contributed by atoms with E-state index in [1.165, 1.54) is 0 Å². The first kappa shape index (κ1) is 17.8. The van der Waals surface area contributed by atoms with Gasteiger partial charge in [-0.3, -0.25) is 14.2 Å². The van der Waals surface area contributed by atoms with Gasteiger partial charge in [-0.15, -0.1) is 0 Å². The molecule has 0 radical (unpaired) electrons. The zero-order chi connectivity index (χ0) is 18.0. The van der Waals surface area contributed by atoms with Gasteiger partial charge in [0.05, 0.1) is 33.5 Å². The molecule has 1 N–H and O–H groups in total. The highest BCUT2D eigenvalue weighted by Crippen LogP contribution is 2.23. The van der Waals surface area contributed by atoms with Crippen LogP contribution >= 0.6 is 34.8 Å². The maximum absolute atomic E-state index is 12.3. The average Bonchev–Trinajstić information content (AvgIpc) is 3.17. The molecule has 3 rings (SSSR count). The molecule has 25 heavy (non-hydrogen) atoms. The molecular formula is C16H14Cl3N5O. The molecule has 0 aliphatic carbocycles. The van der Waals surface area contributed by atoms with Crippen LogP contribution in [0.15, 0.2) is 36.8 Å². The molecule has 1 aromatic carbocycles. The van der Waals surface area contributed by atoms with Gasteiger partial charge in [-0.2, -0.15) is 10.2 Å². The fourth-order valence-electron chi connectivity index (χ4n) is 2.24. The molecule has 0 aliphatic rings. The summed E-state index contributed by atoms with van der Waals surface area (Å²) in [5.41, 5.74) is 1.67. The van der Waals surface area contributed by atoms with Crippen LogP contribution in [0.1, 0.15) is 23.0 Å². The number of halogens is 3. The van der Waals surface area contributed by atoms with E-state index in [2.05, 4.69) is 15.5 Å². The number of hydrogen-bond donors (Lipinski definition) is 1. The van der Waals surface area contributed by atoms with Gasteiger partial charge in [0.25, 0.3) is 5.91 Å². The number of amides is 1. The highest BCUT2D eigenvalue weighted by molar-refractivity contribution is 6.42. The van der Waals surface area contributed by atoms with Crippen LogP contribution in [0.3, 0.4) is 0 Å². The summed E-state index contributed by atoms with van der Waals surface area (Å²) < 4.78 is 3.28. The summed E-state index contributed by atoms with van der Waals surface area (Å²) >= 11 is 18.0. The van der Waals surface area contributed by atoms with E-state index in [4.69, 9.17) is 34.8 Å². The Morgan fingerprint density at radius 2 is 1.92 bits per heavy atom. The van der Waals surface area contributed by atoms with Gasteiger partial charge in [0.15, 0.2) is 5.69 Å². The van der Waals surface area contributed by atoms with Crippen LogP contribution in [-0.4, -0.2) is 25.5 Å². The van der Waals surface area contributed by atoms with Gasteiger partial charge in [-0.25, -0.2) is 0 Å². The van der Waals surface area contributed by atoms with Crippen molar-refractivity contribution < 1.29 is 4.79 Å². The van der Waals surface area contributed by atoms with Crippen LogP contribution in [0.5, 0.6) is 0 Å². The van der Waals surface area contributed by atoms with E-state index in [9.17, 15) is 4.79 Å². The number of rotatable bonds is 5. The Morgan fingerprint density at radius 3 is 2.60 bits per heavy atom. The lowest BCUT2D eigenvalue weighted by molar-refractivity contribution is 0.102. The summed E-state index contributed by atoms with van der Waals surface area (Å²) in [7, 11) is 0. The van der Waals surface area contributed by atoms with Gasteiger partial charge in [0.1, 0.15) is 0 Å². The van der Waals surface area contributed by atoms with Gasteiger partial charge in [-0.05, 0) is 24.6 Å². The van der Waals surface area contributed by atoms with E-state index in [-0.39, 0.29) is 11.6 Å². The Bertz CT molecular complexity index is 918. The number of nitrogens with one attached hydrogen (secondary N) is 1. The molecule has 130 valence electrons. The molecular weight excluding hydrogens is 385 g/mol. The smallest absolute Gasteiger partial charge is 0.277 e. The SMILES string of the molecule is CCn1cc(Cl)c(C(=O)Nc2cnn(Cc3ccc(Cl)c(Cl)c3)c2)n1. The van der Waals surface area contributed by atoms with Crippen molar-refractivity contribution in [3.63, 3.8) is 0 Å². The molecule has 0 unspecified atom stereocenters. The third-order valence-corrected chi connectivity index (χ3v) is 4.49. The van der Waals surface area contributed by atoms with E-state index >= 15 is 0 Å². The first-order valence-electron chi connectivity index (χ1n) is 7.47. The average molecular weight is 399 g/mol. The first-order valence-corrected chi connectivity index (χ1v) is 8.60. The summed E-state index contributed by atoms with van der Waals surface area (Å²) in [6.45, 7) is 3.05. The largest absolute Gasteiger partial charge is 0.318 e. The van der Waals surface area contributed by atoms with Crippen LogP contribution < -0.4 is 5.32 Å². The van der Waals surface area contributed by atoms with Crippen LogP contribution in [0, 0.1) is 0 Å². The lowest BCUT2D eigenvalue weighted by Gasteiger charge is -2.03. The molecule has 0 spiro atoms. The van der Waals surface area contributed by atoms with Crippen molar-refractivity contribution in [1.82, 2.24) is 19.6 Å². The summed E-state index contributed by atoms with van der Waals surface area (Å²) in [5, 5.41) is 12.4. The van der Waals surface area contributed by atoms with Crippen molar-refractivity contribution in [3.05, 3.63) is 63.1 Å². The monoisotopic (exact) mass is 397 g/mol. The second-order valence-electron chi connectivity index (χ2n) is 5.31. The molecule has 0 atom stereocenters. The van der Waals surface area contributed by atoms with Crippen molar-refractivity contribution in [1.29, 1.82) is 0 Å². The molecule has 2 heterocycles. The Labute approximate surface area is 159 Å². The maximum atomic E-state index is 12.3. The molecule has 0 fully saturated rings. The van der Waals surface area contributed by atoms with Crippen LogP contribution in [0.4, 0.5) is 5.69 Å². The molecule has 1 amide bonds. The molecule has 0 aliphatic heterocycles. The van der Waals surface area contributed by atoms with E-state index in [1.807, 2.05) is 13.0 Å². The van der Waals surface area contributed by atoms with Gasteiger partial charge in [0, 0.05) is 18.9 Å². The van der Waals surface area contributed by atoms with Crippen molar-refractivity contribution in [3.8, 4) is 0 Å². The van der Waals surface area contributed by atoms with Crippen molar-refractivity contribution in [2.45, 2.75) is 20.0 Å². The minimum absolute atomic E-state index is 0.181. The van der Waals surface area contributed by atoms with Crippen LogP contribution in [0.25, 0.3) is 0 Å². The third-order valence-electron chi connectivity index (χ3n) is 3.48. The third kappa shape index (κ3) is 4.15. The molecule has 9 heteroatoms. The van der Waals surface area contributed by atoms with Crippen molar-refractivity contribution in [2.75, 3.05) is 5.32 Å². The molecule has 2 aromatic heterocycles. The van der Waals surface area contributed by atoms with E-state index in [0.29, 0.717) is 33.8 Å². The van der Waals surface area contributed by atoms with Gasteiger partial charge in [0.2, 0.25) is 0 Å². The van der Waals surface area contributed by atoms with E-state index < -0.39 is 0 Å². The number of aromatic nitrogens is 4. The lowest BCUT2D eigenvalue weighted by Crippen LogP contribution is -2.13. The lowest BCUT2D eigenvalue weighted by atomic mass is 10.2. The molecule has 0 bridgehead atoms. The quantitative estimate of drug-likeness (QED) is 0.694. The van der Waals surface area contributed by atoms with Gasteiger partial charge < -0.3 is 5.32 Å². The number of anilines is 1. The number of carbonyl (C=O) groups excluding carboxylic acids is 1. The van der Waals surface area contributed by atoms with Gasteiger partial charge >= 0.3 is 0 Å². The van der Waals surface area contributed by atoms with Crippen molar-refractivity contribution in [2.24, 2.45) is 0 Å². The summed E-state index contributed by atoms with van der Waals surface area (Å²) in [6.07, 6.45) is 4.88. The molecule has 0 saturated carbocycles. The second-order valence-corrected chi connectivity index (χ2v) is 6.53. The number of aryl methyl sites for hydroxylation is 1. The molecule has 3 aromatic rings.